The van der Waals surface area contributed by atoms with Crippen molar-refractivity contribution < 1.29 is 34.1 Å². The number of carbonyl (C=O) groups is 4. The lowest BCUT2D eigenvalue weighted by Gasteiger charge is -2.16. The van der Waals surface area contributed by atoms with E-state index in [4.69, 9.17) is 11.6 Å². The highest BCUT2D eigenvalue weighted by Crippen LogP contribution is 2.18. The monoisotopic (exact) mass is 475 g/mol. The number of carboxylic acids is 1. The van der Waals surface area contributed by atoms with Gasteiger partial charge in [-0.1, -0.05) is 36.4 Å². The Balaban J connectivity index is 1.99. The van der Waals surface area contributed by atoms with Gasteiger partial charge in [0.2, 0.25) is 0 Å². The van der Waals surface area contributed by atoms with Gasteiger partial charge in [-0.05, 0) is 35.9 Å². The van der Waals surface area contributed by atoms with Crippen LogP contribution in [-0.4, -0.2) is 53.3 Å². The summed E-state index contributed by atoms with van der Waals surface area (Å²) in [6.45, 7) is 3.06. The molecule has 2 aromatic rings. The quantitative estimate of drug-likeness (QED) is 0.329. The van der Waals surface area contributed by atoms with Crippen LogP contribution in [0.15, 0.2) is 55.1 Å². The summed E-state index contributed by atoms with van der Waals surface area (Å²) in [7, 11) is 0. The van der Waals surface area contributed by atoms with E-state index in [9.17, 15) is 29.4 Å². The molecule has 0 bridgehead atoms. The van der Waals surface area contributed by atoms with Crippen LogP contribution in [0.5, 0.6) is 5.75 Å². The summed E-state index contributed by atoms with van der Waals surface area (Å²) in [5, 5.41) is 25.8. The first-order chi connectivity index (χ1) is 15.7. The molecule has 0 heterocycles. The number of hydrogen-bond acceptors (Lipinski definition) is 6. The van der Waals surface area contributed by atoms with Gasteiger partial charge in [-0.2, -0.15) is 0 Å². The maximum atomic E-state index is 12.5. The van der Waals surface area contributed by atoms with E-state index in [1.165, 1.54) is 36.4 Å². The summed E-state index contributed by atoms with van der Waals surface area (Å²) >= 11 is 6.13. The van der Waals surface area contributed by atoms with Crippen molar-refractivity contribution in [3.63, 3.8) is 0 Å². The van der Waals surface area contributed by atoms with E-state index >= 15 is 0 Å². The Morgan fingerprint density at radius 3 is 2.48 bits per heavy atom. The third kappa shape index (κ3) is 7.86. The summed E-state index contributed by atoms with van der Waals surface area (Å²) in [4.78, 5) is 47.7. The van der Waals surface area contributed by atoms with Crippen molar-refractivity contribution in [1.82, 2.24) is 16.0 Å². The van der Waals surface area contributed by atoms with Crippen LogP contribution in [0.4, 0.5) is 4.79 Å². The third-order valence-corrected chi connectivity index (χ3v) is 4.54. The maximum absolute atomic E-state index is 12.5. The molecule has 174 valence electrons. The standard InChI is InChI=1S/C22H22ClN3O7/c1-2-8-33-22(32)25-12-18(21(30)31)26-20(29)16-7-6-14(10-17(16)23)19(28)24-11-13-4-3-5-15(27)9-13/h2-7,9-10,18,27H,1,8,11-12H2,(H,24,28)(H,25,32)(H,26,29)(H,30,31)/t18-/m0/s1. The molecule has 5 N–H and O–H groups in total. The third-order valence-electron chi connectivity index (χ3n) is 4.23. The number of alkyl carbamates (subject to hydrolysis) is 1. The number of amides is 3. The number of benzene rings is 2. The Bertz CT molecular complexity index is 1060. The number of carboxylic acid groups (broad SMARTS) is 1. The summed E-state index contributed by atoms with van der Waals surface area (Å²) in [6, 6.07) is 8.86. The predicted molar refractivity (Wildman–Crippen MR) is 119 cm³/mol. The number of phenols is 1. The fraction of sp³-hybridized carbons (Fsp3) is 0.182. The normalized spacial score (nSPS) is 11.1. The van der Waals surface area contributed by atoms with Gasteiger partial charge in [-0.25, -0.2) is 9.59 Å². The van der Waals surface area contributed by atoms with Crippen LogP contribution in [0.2, 0.25) is 5.02 Å². The molecule has 3 amide bonds. The molecule has 0 unspecified atom stereocenters. The number of carbonyl (C=O) groups excluding carboxylic acids is 3. The zero-order valence-electron chi connectivity index (χ0n) is 17.3. The molecular weight excluding hydrogens is 454 g/mol. The van der Waals surface area contributed by atoms with Gasteiger partial charge in [0.1, 0.15) is 18.4 Å². The van der Waals surface area contributed by atoms with Gasteiger partial charge < -0.3 is 30.9 Å². The lowest BCUT2D eigenvalue weighted by atomic mass is 10.1. The Labute approximate surface area is 194 Å². The van der Waals surface area contributed by atoms with Gasteiger partial charge in [0.15, 0.2) is 0 Å². The summed E-state index contributed by atoms with van der Waals surface area (Å²) in [6.07, 6.45) is 0.476. The minimum atomic E-state index is -1.45. The molecule has 0 saturated carbocycles. The molecule has 10 nitrogen and oxygen atoms in total. The summed E-state index contributed by atoms with van der Waals surface area (Å²) in [5.41, 5.74) is 0.812. The molecule has 0 aliphatic rings. The van der Waals surface area contributed by atoms with Gasteiger partial charge in [-0.15, -0.1) is 0 Å². The number of nitrogens with one attached hydrogen (secondary N) is 3. The first-order valence-corrected chi connectivity index (χ1v) is 10.00. The molecule has 2 rings (SSSR count). The van der Waals surface area contributed by atoms with E-state index in [1.807, 2.05) is 0 Å². The molecule has 2 aromatic carbocycles. The fourth-order valence-corrected chi connectivity index (χ4v) is 2.86. The van der Waals surface area contributed by atoms with Gasteiger partial charge in [0, 0.05) is 12.1 Å². The molecule has 0 fully saturated rings. The highest BCUT2D eigenvalue weighted by Gasteiger charge is 2.23. The first kappa shape index (κ1) is 25.2. The largest absolute Gasteiger partial charge is 0.508 e. The minimum absolute atomic E-state index is 0.0540. The van der Waals surface area contributed by atoms with Crippen LogP contribution >= 0.6 is 11.6 Å². The van der Waals surface area contributed by atoms with Crippen molar-refractivity contribution in [1.29, 1.82) is 0 Å². The van der Waals surface area contributed by atoms with Gasteiger partial charge in [0.25, 0.3) is 11.8 Å². The van der Waals surface area contributed by atoms with Crippen molar-refractivity contribution in [3.05, 3.63) is 76.8 Å². The molecule has 0 aliphatic heterocycles. The lowest BCUT2D eigenvalue weighted by Crippen LogP contribution is -2.48. The lowest BCUT2D eigenvalue weighted by molar-refractivity contribution is -0.139. The SMILES string of the molecule is C=CCOC(=O)NC[C@H](NC(=O)c1ccc(C(=O)NCc2cccc(O)c2)cc1Cl)C(=O)O. The molecule has 0 saturated heterocycles. The van der Waals surface area contributed by atoms with Crippen molar-refractivity contribution >= 4 is 35.5 Å². The summed E-state index contributed by atoms with van der Waals surface area (Å²) < 4.78 is 4.67. The Kier molecular flexibility index (Phi) is 9.25. The van der Waals surface area contributed by atoms with Crippen LogP contribution in [0.25, 0.3) is 0 Å². The molecule has 1 atom stereocenters. The second-order valence-electron chi connectivity index (χ2n) is 6.68. The molecule has 11 heteroatoms. The highest BCUT2D eigenvalue weighted by molar-refractivity contribution is 6.34. The molecule has 0 aliphatic carbocycles. The number of aromatic hydroxyl groups is 1. The first-order valence-electron chi connectivity index (χ1n) is 9.62. The molecule has 33 heavy (non-hydrogen) atoms. The Morgan fingerprint density at radius 2 is 1.85 bits per heavy atom. The second-order valence-corrected chi connectivity index (χ2v) is 7.09. The van der Waals surface area contributed by atoms with E-state index < -0.39 is 36.5 Å². The van der Waals surface area contributed by atoms with E-state index in [1.54, 1.807) is 12.1 Å². The van der Waals surface area contributed by atoms with Gasteiger partial charge >= 0.3 is 12.1 Å². The van der Waals surface area contributed by atoms with E-state index in [0.29, 0.717) is 5.56 Å². The number of aliphatic carboxylic acids is 1. The zero-order valence-corrected chi connectivity index (χ0v) is 18.1. The number of ether oxygens (including phenoxy) is 1. The van der Waals surface area contributed by atoms with Crippen LogP contribution in [0, 0.1) is 0 Å². The van der Waals surface area contributed by atoms with E-state index in [0.717, 1.165) is 0 Å². The second kappa shape index (κ2) is 12.1. The van der Waals surface area contributed by atoms with Crippen LogP contribution in [0.3, 0.4) is 0 Å². The van der Waals surface area contributed by atoms with Gasteiger partial charge in [-0.3, -0.25) is 9.59 Å². The Hall–Kier alpha value is -4.05. The number of hydrogen-bond donors (Lipinski definition) is 5. The minimum Gasteiger partial charge on any atom is -0.508 e. The number of phenolic OH excluding ortho intramolecular Hbond substituents is 1. The summed E-state index contributed by atoms with van der Waals surface area (Å²) in [5.74, 6) is -2.58. The molecule has 0 aromatic heterocycles. The average molecular weight is 476 g/mol. The number of rotatable bonds is 10. The fourth-order valence-electron chi connectivity index (χ4n) is 2.60. The van der Waals surface area contributed by atoms with Crippen molar-refractivity contribution in [3.8, 4) is 5.75 Å². The predicted octanol–water partition coefficient (Wildman–Crippen LogP) is 2.07. The highest BCUT2D eigenvalue weighted by atomic mass is 35.5. The molecular formula is C22H22ClN3O7. The zero-order chi connectivity index (χ0) is 24.4. The van der Waals surface area contributed by atoms with Crippen LogP contribution in [-0.2, 0) is 16.1 Å². The van der Waals surface area contributed by atoms with Crippen molar-refractivity contribution in [2.45, 2.75) is 12.6 Å². The smallest absolute Gasteiger partial charge is 0.407 e. The number of halogens is 1. The van der Waals surface area contributed by atoms with Crippen molar-refractivity contribution in [2.24, 2.45) is 0 Å². The van der Waals surface area contributed by atoms with Crippen molar-refractivity contribution in [2.75, 3.05) is 13.2 Å². The molecule has 0 spiro atoms. The van der Waals surface area contributed by atoms with Crippen LogP contribution in [0.1, 0.15) is 26.3 Å². The van der Waals surface area contributed by atoms with E-state index in [-0.39, 0.29) is 35.1 Å². The van der Waals surface area contributed by atoms with Gasteiger partial charge in [0.05, 0.1) is 17.1 Å². The van der Waals surface area contributed by atoms with Crippen LogP contribution < -0.4 is 16.0 Å². The molecule has 0 radical (unpaired) electrons. The average Bonchev–Trinajstić information content (AvgIpc) is 2.78. The Morgan fingerprint density at radius 1 is 1.09 bits per heavy atom. The topological polar surface area (TPSA) is 154 Å². The maximum Gasteiger partial charge on any atom is 0.407 e. The van der Waals surface area contributed by atoms with E-state index in [2.05, 4.69) is 27.3 Å².